The first kappa shape index (κ1) is 21.8. The molecule has 0 saturated carbocycles. The van der Waals surface area contributed by atoms with Gasteiger partial charge in [0.2, 0.25) is 10.0 Å². The summed E-state index contributed by atoms with van der Waals surface area (Å²) in [6, 6.07) is 20.6. The number of carbonyl (C=O) groups excluding carboxylic acids is 1. The van der Waals surface area contributed by atoms with E-state index in [1.54, 1.807) is 42.5 Å². The van der Waals surface area contributed by atoms with Gasteiger partial charge in [-0.25, -0.2) is 16.8 Å². The smallest absolute Gasteiger partial charge is 0.261 e. The summed E-state index contributed by atoms with van der Waals surface area (Å²) in [6.07, 6.45) is 0.596. The second-order valence-electron chi connectivity index (χ2n) is 7.24. The van der Waals surface area contributed by atoms with Crippen LogP contribution in [0.3, 0.4) is 0 Å². The van der Waals surface area contributed by atoms with Crippen LogP contribution in [0.5, 0.6) is 0 Å². The third-order valence-corrected chi connectivity index (χ3v) is 8.23. The molecule has 1 heterocycles. The van der Waals surface area contributed by atoms with Gasteiger partial charge in [-0.15, -0.1) is 0 Å². The molecule has 0 aliphatic carbocycles. The highest BCUT2D eigenvalue weighted by atomic mass is 32.2. The first-order valence-electron chi connectivity index (χ1n) is 9.84. The van der Waals surface area contributed by atoms with Crippen molar-refractivity contribution >= 4 is 43.0 Å². The van der Waals surface area contributed by atoms with Gasteiger partial charge < -0.3 is 5.32 Å². The summed E-state index contributed by atoms with van der Waals surface area (Å²) in [5.41, 5.74) is 1.76. The molecule has 3 aromatic rings. The molecule has 1 fully saturated rings. The van der Waals surface area contributed by atoms with Crippen LogP contribution < -0.4 is 14.3 Å². The third-order valence-electron chi connectivity index (χ3n) is 4.97. The first-order chi connectivity index (χ1) is 15.2. The summed E-state index contributed by atoms with van der Waals surface area (Å²) in [5, 5.41) is 2.74. The fourth-order valence-corrected chi connectivity index (χ4v) is 5.99. The van der Waals surface area contributed by atoms with E-state index in [0.717, 1.165) is 0 Å². The van der Waals surface area contributed by atoms with Crippen LogP contribution in [0.25, 0.3) is 0 Å². The Morgan fingerprint density at radius 2 is 1.47 bits per heavy atom. The number of sulfonamides is 2. The standard InChI is InChI=1S/C22H21N3O5S2/c26-22(23-18-11-13-20(14-12-18)25-15-4-16-31(25,27)28)17-7-9-19(10-8-17)24-32(29,30)21-5-2-1-3-6-21/h1-3,5-14,24H,4,15-16H2,(H,23,26). The molecule has 166 valence electrons. The molecule has 8 nitrogen and oxygen atoms in total. The minimum absolute atomic E-state index is 0.142. The van der Waals surface area contributed by atoms with Crippen LogP contribution >= 0.6 is 0 Å². The van der Waals surface area contributed by atoms with E-state index >= 15 is 0 Å². The maximum absolute atomic E-state index is 12.5. The average Bonchev–Trinajstić information content (AvgIpc) is 3.14. The lowest BCUT2D eigenvalue weighted by molar-refractivity contribution is 0.102. The van der Waals surface area contributed by atoms with Crippen molar-refractivity contribution in [2.45, 2.75) is 11.3 Å². The maximum Gasteiger partial charge on any atom is 0.261 e. The molecule has 0 aromatic heterocycles. The zero-order valence-electron chi connectivity index (χ0n) is 16.9. The summed E-state index contributed by atoms with van der Waals surface area (Å²) < 4.78 is 52.7. The Hall–Kier alpha value is -3.37. The number of hydrogen-bond donors (Lipinski definition) is 2. The van der Waals surface area contributed by atoms with Gasteiger partial charge in [-0.2, -0.15) is 0 Å². The lowest BCUT2D eigenvalue weighted by Gasteiger charge is -2.17. The molecule has 1 aliphatic heterocycles. The van der Waals surface area contributed by atoms with Gasteiger partial charge in [0.1, 0.15) is 0 Å². The molecule has 1 saturated heterocycles. The minimum atomic E-state index is -3.71. The van der Waals surface area contributed by atoms with Crippen LogP contribution in [0.1, 0.15) is 16.8 Å². The van der Waals surface area contributed by atoms with E-state index in [4.69, 9.17) is 0 Å². The van der Waals surface area contributed by atoms with Gasteiger partial charge in [-0.05, 0) is 67.1 Å². The molecule has 0 radical (unpaired) electrons. The summed E-state index contributed by atoms with van der Waals surface area (Å²) in [7, 11) is -6.97. The number of hydrogen-bond acceptors (Lipinski definition) is 5. The molecular weight excluding hydrogens is 450 g/mol. The van der Waals surface area contributed by atoms with Crippen LogP contribution in [0, 0.1) is 0 Å². The van der Waals surface area contributed by atoms with Gasteiger partial charge in [0.15, 0.2) is 0 Å². The highest BCUT2D eigenvalue weighted by Crippen LogP contribution is 2.25. The van der Waals surface area contributed by atoms with Crippen molar-refractivity contribution in [1.82, 2.24) is 0 Å². The van der Waals surface area contributed by atoms with Crippen LogP contribution in [0.4, 0.5) is 17.1 Å². The van der Waals surface area contributed by atoms with Crippen molar-refractivity contribution in [2.75, 3.05) is 26.6 Å². The third kappa shape index (κ3) is 4.76. The molecule has 2 N–H and O–H groups in total. The lowest BCUT2D eigenvalue weighted by Crippen LogP contribution is -2.24. The lowest BCUT2D eigenvalue weighted by atomic mass is 10.2. The van der Waals surface area contributed by atoms with Gasteiger partial charge in [-0.1, -0.05) is 18.2 Å². The quantitative estimate of drug-likeness (QED) is 0.573. The fourth-order valence-electron chi connectivity index (χ4n) is 3.35. The van der Waals surface area contributed by atoms with Crippen molar-refractivity contribution in [2.24, 2.45) is 0 Å². The molecule has 0 atom stereocenters. The van der Waals surface area contributed by atoms with Crippen LogP contribution in [-0.4, -0.2) is 35.0 Å². The highest BCUT2D eigenvalue weighted by Gasteiger charge is 2.28. The van der Waals surface area contributed by atoms with Gasteiger partial charge in [0, 0.05) is 23.5 Å². The number of nitrogens with one attached hydrogen (secondary N) is 2. The molecule has 0 unspecified atom stereocenters. The Kier molecular flexibility index (Phi) is 5.90. The van der Waals surface area contributed by atoms with Gasteiger partial charge in [0.05, 0.1) is 16.3 Å². The second kappa shape index (κ2) is 8.64. The van der Waals surface area contributed by atoms with Crippen molar-refractivity contribution in [3.05, 3.63) is 84.4 Å². The van der Waals surface area contributed by atoms with Crippen molar-refractivity contribution in [1.29, 1.82) is 0 Å². The van der Waals surface area contributed by atoms with E-state index in [-0.39, 0.29) is 16.6 Å². The van der Waals surface area contributed by atoms with Crippen LogP contribution in [0.15, 0.2) is 83.8 Å². The number of anilines is 3. The Morgan fingerprint density at radius 3 is 2.06 bits per heavy atom. The van der Waals surface area contributed by atoms with E-state index in [0.29, 0.717) is 35.6 Å². The van der Waals surface area contributed by atoms with Crippen LogP contribution in [-0.2, 0) is 20.0 Å². The molecule has 4 rings (SSSR count). The van der Waals surface area contributed by atoms with E-state index in [9.17, 15) is 21.6 Å². The van der Waals surface area contributed by atoms with E-state index in [2.05, 4.69) is 10.0 Å². The molecule has 0 bridgehead atoms. The molecular formula is C22H21N3O5S2. The van der Waals surface area contributed by atoms with Crippen molar-refractivity contribution < 1.29 is 21.6 Å². The summed E-state index contributed by atoms with van der Waals surface area (Å²) in [5.74, 6) is -0.229. The molecule has 1 amide bonds. The Morgan fingerprint density at radius 1 is 0.844 bits per heavy atom. The fraction of sp³-hybridized carbons (Fsp3) is 0.136. The van der Waals surface area contributed by atoms with Gasteiger partial charge in [0.25, 0.3) is 15.9 Å². The average molecular weight is 472 g/mol. The minimum Gasteiger partial charge on any atom is -0.322 e. The number of carbonyl (C=O) groups is 1. The second-order valence-corrected chi connectivity index (χ2v) is 10.9. The maximum atomic E-state index is 12.5. The van der Waals surface area contributed by atoms with E-state index < -0.39 is 20.0 Å². The summed E-state index contributed by atoms with van der Waals surface area (Å²) in [4.78, 5) is 12.7. The molecule has 32 heavy (non-hydrogen) atoms. The summed E-state index contributed by atoms with van der Waals surface area (Å²) in [6.45, 7) is 0.453. The monoisotopic (exact) mass is 471 g/mol. The zero-order chi connectivity index (χ0) is 22.8. The first-order valence-corrected chi connectivity index (χ1v) is 12.9. The zero-order valence-corrected chi connectivity index (χ0v) is 18.6. The van der Waals surface area contributed by atoms with Crippen LogP contribution in [0.2, 0.25) is 0 Å². The Labute approximate surface area is 187 Å². The SMILES string of the molecule is O=C(Nc1ccc(N2CCCS2(=O)=O)cc1)c1ccc(NS(=O)(=O)c2ccccc2)cc1. The van der Waals surface area contributed by atoms with E-state index in [1.165, 1.54) is 40.7 Å². The normalized spacial score (nSPS) is 15.3. The van der Waals surface area contributed by atoms with E-state index in [1.807, 2.05) is 0 Å². The summed E-state index contributed by atoms with van der Waals surface area (Å²) >= 11 is 0. The Balaban J connectivity index is 1.41. The topological polar surface area (TPSA) is 113 Å². The van der Waals surface area contributed by atoms with Crippen molar-refractivity contribution in [3.63, 3.8) is 0 Å². The molecule has 0 spiro atoms. The molecule has 10 heteroatoms. The predicted octanol–water partition coefficient (Wildman–Crippen LogP) is 3.28. The molecule has 3 aromatic carbocycles. The van der Waals surface area contributed by atoms with Gasteiger partial charge in [-0.3, -0.25) is 13.8 Å². The highest BCUT2D eigenvalue weighted by molar-refractivity contribution is 7.93. The number of nitrogens with zero attached hydrogens (tertiary/aromatic N) is 1. The number of rotatable bonds is 6. The predicted molar refractivity (Wildman–Crippen MR) is 124 cm³/mol. The largest absolute Gasteiger partial charge is 0.322 e. The molecule has 1 aliphatic rings. The number of benzene rings is 3. The Bertz CT molecular complexity index is 1320. The van der Waals surface area contributed by atoms with Gasteiger partial charge >= 0.3 is 0 Å². The van der Waals surface area contributed by atoms with Crippen molar-refractivity contribution in [3.8, 4) is 0 Å². The number of amides is 1.